The van der Waals surface area contributed by atoms with E-state index in [0.29, 0.717) is 17.7 Å². The number of aromatic nitrogens is 3. The van der Waals surface area contributed by atoms with Gasteiger partial charge in [-0.15, -0.1) is 0 Å². The molecular weight excluding hydrogens is 779 g/mol. The Labute approximate surface area is 390 Å². The van der Waals surface area contributed by atoms with E-state index in [1.807, 2.05) is 91.7 Å². The molecule has 0 N–H and O–H groups in total. The van der Waals surface area contributed by atoms with Gasteiger partial charge in [-0.2, -0.15) is 0 Å². The molecule has 0 saturated heterocycles. The maximum Gasteiger partial charge on any atom is 0.0645 e. The molecule has 5 heteroatoms. The normalized spacial score (nSPS) is 23.1. The lowest BCUT2D eigenvalue weighted by Crippen LogP contribution is -2.53. The van der Waals surface area contributed by atoms with E-state index in [4.69, 9.17) is 18.2 Å². The molecule has 6 aromatic carbocycles. The number of fused-ring (bicyclic) bond motifs is 12. The summed E-state index contributed by atoms with van der Waals surface area (Å²) in [4.78, 5) is 19.0. The first-order valence-corrected chi connectivity index (χ1v) is 22.1. The second-order valence-electron chi connectivity index (χ2n) is 18.1. The molecule has 6 atom stereocenters. The van der Waals surface area contributed by atoms with E-state index in [2.05, 4.69) is 66.2 Å². The van der Waals surface area contributed by atoms with E-state index < -0.39 is 53.6 Å². The summed E-state index contributed by atoms with van der Waals surface area (Å²) in [6.45, 7) is 8.32. The third-order valence-corrected chi connectivity index (χ3v) is 14.4. The molecule has 0 bridgehead atoms. The number of nitrogens with zero attached hydrogens (tertiary/aromatic N) is 5. The summed E-state index contributed by atoms with van der Waals surface area (Å²) in [6, 6.07) is 32.4. The second kappa shape index (κ2) is 15.0. The van der Waals surface area contributed by atoms with E-state index in [1.54, 1.807) is 12.4 Å². The Bertz CT molecular complexity index is 3720. The number of rotatable bonds is 7. The summed E-state index contributed by atoms with van der Waals surface area (Å²) >= 11 is 0. The number of hydrogen-bond donors (Lipinski definition) is 0. The Morgan fingerprint density at radius 1 is 0.625 bits per heavy atom. The molecule has 64 heavy (non-hydrogen) atoms. The van der Waals surface area contributed by atoms with Crippen molar-refractivity contribution >= 4 is 44.3 Å². The van der Waals surface area contributed by atoms with Gasteiger partial charge in [0.05, 0.1) is 37.3 Å². The van der Waals surface area contributed by atoms with Gasteiger partial charge >= 0.3 is 0 Å². The minimum absolute atomic E-state index is 0.0325. The highest BCUT2D eigenvalue weighted by molar-refractivity contribution is 6.17. The molecule has 6 unspecified atom stereocenters. The fraction of sp³-hybridized carbons (Fsp3) is 0.203. The van der Waals surface area contributed by atoms with Crippen LogP contribution in [-0.4, -0.2) is 27.0 Å². The van der Waals surface area contributed by atoms with E-state index in [1.165, 1.54) is 5.56 Å². The summed E-state index contributed by atoms with van der Waals surface area (Å²) < 4.78 is 90.4. The van der Waals surface area contributed by atoms with Crippen molar-refractivity contribution in [3.05, 3.63) is 233 Å². The number of anilines is 4. The lowest BCUT2D eigenvalue weighted by Gasteiger charge is -2.51. The van der Waals surface area contributed by atoms with Crippen LogP contribution in [-0.2, 0) is 5.41 Å². The van der Waals surface area contributed by atoms with Gasteiger partial charge in [-0.25, -0.2) is 0 Å². The summed E-state index contributed by atoms with van der Waals surface area (Å²) in [5, 5.41) is 3.76. The van der Waals surface area contributed by atoms with Gasteiger partial charge in [0.2, 0.25) is 0 Å². The van der Waals surface area contributed by atoms with Crippen molar-refractivity contribution in [1.29, 1.82) is 0 Å². The van der Waals surface area contributed by atoms with Crippen molar-refractivity contribution in [3.8, 4) is 0 Å². The zero-order valence-electron chi connectivity index (χ0n) is 46.0. The van der Waals surface area contributed by atoms with Gasteiger partial charge in [0, 0.05) is 75.4 Å². The number of benzene rings is 6. The van der Waals surface area contributed by atoms with Crippen LogP contribution < -0.4 is 9.80 Å². The predicted octanol–water partition coefficient (Wildman–Crippen LogP) is 13.9. The van der Waals surface area contributed by atoms with E-state index in [-0.39, 0.29) is 59.2 Å². The third kappa shape index (κ3) is 5.93. The Kier molecular flexibility index (Phi) is 6.87. The zero-order valence-corrected chi connectivity index (χ0v) is 36.0. The Morgan fingerprint density at radius 2 is 1.33 bits per heavy atom. The molecule has 1 fully saturated rings. The number of hydrogen-bond acceptors (Lipinski definition) is 5. The van der Waals surface area contributed by atoms with Crippen LogP contribution in [0.25, 0.3) is 21.5 Å². The topological polar surface area (TPSA) is 45.2 Å². The summed E-state index contributed by atoms with van der Waals surface area (Å²) in [5.74, 6) is -1.25. The maximum atomic E-state index is 9.59. The first kappa shape index (κ1) is 29.3. The van der Waals surface area contributed by atoms with Crippen LogP contribution in [0.3, 0.4) is 0 Å². The van der Waals surface area contributed by atoms with Crippen molar-refractivity contribution < 1.29 is 13.7 Å². The molecule has 3 aliphatic rings. The molecule has 9 aromatic rings. The Morgan fingerprint density at radius 3 is 2.06 bits per heavy atom. The summed E-state index contributed by atoms with van der Waals surface area (Å²) in [5.41, 5.74) is 8.58. The smallest absolute Gasteiger partial charge is 0.0645 e. The molecule has 4 heterocycles. The van der Waals surface area contributed by atoms with Crippen molar-refractivity contribution in [1.82, 2.24) is 15.0 Å². The first-order chi connectivity index (χ1) is 35.5. The van der Waals surface area contributed by atoms with Crippen LogP contribution in [0.1, 0.15) is 96.6 Å². The molecule has 0 amide bonds. The number of aryl methyl sites for hydroxylation is 2. The highest BCUT2D eigenvalue weighted by atomic mass is 15.3. The third-order valence-electron chi connectivity index (χ3n) is 14.4. The lowest BCUT2D eigenvalue weighted by atomic mass is 9.61. The standard InChI is InChI=1S/C59H51N5/c1-37-26-28-41(35-61-37)52(39-17-8-5-9-18-39)40-29-31-47-49(33-40)45-23-14-15-24-46(45)54-55-51(63(42-19-10-6-11-20-42)44-30-27-38(2)62-36-44)34-50-53(48-25-16-32-60-58(48)59(50,3)4)57(55)64(56(47)54)43-21-12-7-13-22-43/h5-33,35-36,50-53,55,57H,34H2,1-4H3/i5D,6D,8D,9D,10D,11D,17D,18D,19D,20D. The van der Waals surface area contributed by atoms with Crippen LogP contribution in [0.2, 0.25) is 0 Å². The monoisotopic (exact) mass is 839 g/mol. The average molecular weight is 840 g/mol. The van der Waals surface area contributed by atoms with Crippen LogP contribution in [0.4, 0.5) is 22.7 Å². The van der Waals surface area contributed by atoms with Crippen LogP contribution in [0, 0.1) is 19.8 Å². The summed E-state index contributed by atoms with van der Waals surface area (Å²) in [6.07, 6.45) is 5.92. The molecule has 1 saturated carbocycles. The van der Waals surface area contributed by atoms with Crippen molar-refractivity contribution in [2.75, 3.05) is 9.80 Å². The quantitative estimate of drug-likeness (QED) is 0.150. The number of pyridine rings is 3. The van der Waals surface area contributed by atoms with Gasteiger partial charge in [-0.05, 0) is 125 Å². The van der Waals surface area contributed by atoms with Crippen molar-refractivity contribution in [2.24, 2.45) is 5.92 Å². The minimum atomic E-state index is -0.787. The SMILES string of the molecule is [2H]c1c([2H])c([2H])c(C(c2ccc(C)nc2)c2ccc3c4c(c5ccccc5c3c2)C2C(N(c3ccc(C)nc3)c3c([2H])c([2H])c([2H])c([2H])c3[2H])CC3C(c5cccnc5C3(C)C)C2N4c2ccccc2)c([2H])c1[2H]. The molecule has 12 rings (SSSR count). The van der Waals surface area contributed by atoms with Crippen molar-refractivity contribution in [2.45, 2.75) is 69.4 Å². The molecule has 0 radical (unpaired) electrons. The largest absolute Gasteiger partial charge is 0.336 e. The zero-order chi connectivity index (χ0) is 51.8. The van der Waals surface area contributed by atoms with E-state index >= 15 is 0 Å². The van der Waals surface area contributed by atoms with Crippen LogP contribution in [0.15, 0.2) is 188 Å². The van der Waals surface area contributed by atoms with Gasteiger partial charge in [-0.3, -0.25) is 15.0 Å². The molecule has 0 spiro atoms. The number of para-hydroxylation sites is 2. The molecule has 2 aliphatic carbocycles. The second-order valence-corrected chi connectivity index (χ2v) is 18.1. The first-order valence-electron chi connectivity index (χ1n) is 27.1. The highest BCUT2D eigenvalue weighted by Crippen LogP contribution is 2.67. The Hall–Kier alpha value is -7.11. The van der Waals surface area contributed by atoms with E-state index in [0.717, 1.165) is 61.1 Å². The Balaban J connectivity index is 1.20. The van der Waals surface area contributed by atoms with Gasteiger partial charge < -0.3 is 9.80 Å². The lowest BCUT2D eigenvalue weighted by molar-refractivity contribution is 0.177. The highest BCUT2D eigenvalue weighted by Gasteiger charge is 2.62. The summed E-state index contributed by atoms with van der Waals surface area (Å²) in [7, 11) is 0. The molecule has 312 valence electrons. The van der Waals surface area contributed by atoms with E-state index in [9.17, 15) is 5.48 Å². The molecule has 1 aliphatic heterocycles. The van der Waals surface area contributed by atoms with Gasteiger partial charge in [0.25, 0.3) is 0 Å². The molecule has 3 aromatic heterocycles. The van der Waals surface area contributed by atoms with Crippen molar-refractivity contribution in [3.63, 3.8) is 0 Å². The van der Waals surface area contributed by atoms with Crippen LogP contribution in [0.5, 0.6) is 0 Å². The van der Waals surface area contributed by atoms with Gasteiger partial charge in [0.1, 0.15) is 0 Å². The minimum Gasteiger partial charge on any atom is -0.336 e. The molecule has 5 nitrogen and oxygen atoms in total. The fourth-order valence-electron chi connectivity index (χ4n) is 11.8. The van der Waals surface area contributed by atoms with Gasteiger partial charge in [0.15, 0.2) is 0 Å². The van der Waals surface area contributed by atoms with Gasteiger partial charge in [-0.1, -0.05) is 129 Å². The van der Waals surface area contributed by atoms with Crippen LogP contribution >= 0.6 is 0 Å². The maximum absolute atomic E-state index is 9.59. The fourth-order valence-corrected chi connectivity index (χ4v) is 11.8. The average Bonchev–Trinajstić information content (AvgIpc) is 4.01. The predicted molar refractivity (Wildman–Crippen MR) is 262 cm³/mol. The molecular formula is C59H51N5.